The van der Waals surface area contributed by atoms with Gasteiger partial charge in [-0.1, -0.05) is 0 Å². The normalized spacial score (nSPS) is 38.2. The predicted molar refractivity (Wildman–Crippen MR) is 97.0 cm³/mol. The van der Waals surface area contributed by atoms with E-state index >= 15 is 0 Å². The molecule has 1 heterocycles. The number of hydrogen-bond donors (Lipinski definition) is 1. The lowest BCUT2D eigenvalue weighted by Gasteiger charge is -2.54. The van der Waals surface area contributed by atoms with Crippen molar-refractivity contribution in [3.05, 3.63) is 0 Å². The summed E-state index contributed by atoms with van der Waals surface area (Å²) in [5.74, 6) is 4.15. The molecule has 5 rings (SSSR count). The SMILES string of the molecule is Cl.NCCCOC1CCN(C(=O)C2C3CC4CC(C3)CC2C4)CC1. The minimum absolute atomic E-state index is 0. The van der Waals surface area contributed by atoms with E-state index in [0.717, 1.165) is 50.8 Å². The van der Waals surface area contributed by atoms with Gasteiger partial charge < -0.3 is 15.4 Å². The standard InChI is InChI=1S/C19H32N2O2.ClH/c20-4-1-7-23-17-2-5-21(6-3-17)19(22)18-15-9-13-8-14(11-15)12-16(18)10-13;/h13-18H,1-12,20H2;1H. The molecule has 0 spiro atoms. The smallest absolute Gasteiger partial charge is 0.226 e. The quantitative estimate of drug-likeness (QED) is 0.770. The zero-order chi connectivity index (χ0) is 15.8. The molecule has 4 saturated carbocycles. The highest BCUT2D eigenvalue weighted by molar-refractivity contribution is 5.85. The summed E-state index contributed by atoms with van der Waals surface area (Å²) >= 11 is 0. The van der Waals surface area contributed by atoms with Crippen molar-refractivity contribution in [1.82, 2.24) is 4.90 Å². The van der Waals surface area contributed by atoms with Gasteiger partial charge in [-0.25, -0.2) is 0 Å². The molecular formula is C19H33ClN2O2. The van der Waals surface area contributed by atoms with Crippen LogP contribution in [0, 0.1) is 29.6 Å². The maximum atomic E-state index is 13.1. The lowest BCUT2D eigenvalue weighted by molar-refractivity contribution is -0.151. The minimum atomic E-state index is 0. The maximum Gasteiger partial charge on any atom is 0.226 e. The van der Waals surface area contributed by atoms with Gasteiger partial charge in [0, 0.05) is 25.6 Å². The maximum absolute atomic E-state index is 13.1. The van der Waals surface area contributed by atoms with E-state index in [4.69, 9.17) is 10.5 Å². The molecule has 0 atom stereocenters. The van der Waals surface area contributed by atoms with Crippen molar-refractivity contribution >= 4 is 18.3 Å². The van der Waals surface area contributed by atoms with E-state index < -0.39 is 0 Å². The molecule has 5 heteroatoms. The van der Waals surface area contributed by atoms with Gasteiger partial charge in [0.25, 0.3) is 0 Å². The van der Waals surface area contributed by atoms with Gasteiger partial charge in [0.1, 0.15) is 0 Å². The number of nitrogens with zero attached hydrogens (tertiary/aromatic N) is 1. The van der Waals surface area contributed by atoms with Gasteiger partial charge in [-0.3, -0.25) is 4.79 Å². The van der Waals surface area contributed by atoms with Gasteiger partial charge in [0.05, 0.1) is 6.10 Å². The minimum Gasteiger partial charge on any atom is -0.378 e. The van der Waals surface area contributed by atoms with Crippen molar-refractivity contribution in [3.8, 4) is 0 Å². The molecule has 2 N–H and O–H groups in total. The summed E-state index contributed by atoms with van der Waals surface area (Å²) in [5.41, 5.74) is 5.51. The van der Waals surface area contributed by atoms with E-state index in [1.165, 1.54) is 32.1 Å². The van der Waals surface area contributed by atoms with Crippen LogP contribution in [0.2, 0.25) is 0 Å². The molecule has 4 aliphatic carbocycles. The first-order valence-corrected chi connectivity index (χ1v) is 9.85. The molecule has 0 aromatic heterocycles. The molecule has 1 amide bonds. The van der Waals surface area contributed by atoms with Crippen molar-refractivity contribution in [2.75, 3.05) is 26.2 Å². The lowest BCUT2D eigenvalue weighted by atomic mass is 9.51. The second kappa shape index (κ2) is 7.92. The van der Waals surface area contributed by atoms with Crippen LogP contribution in [0.5, 0.6) is 0 Å². The Balaban J connectivity index is 0.00000169. The molecule has 1 saturated heterocycles. The first kappa shape index (κ1) is 18.5. The van der Waals surface area contributed by atoms with Crippen LogP contribution >= 0.6 is 12.4 Å². The molecule has 5 fully saturated rings. The van der Waals surface area contributed by atoms with E-state index in [-0.39, 0.29) is 12.4 Å². The number of ether oxygens (including phenoxy) is 1. The van der Waals surface area contributed by atoms with Gasteiger partial charge in [-0.05, 0) is 81.6 Å². The van der Waals surface area contributed by atoms with Gasteiger partial charge in [0.2, 0.25) is 5.91 Å². The molecule has 0 aromatic rings. The van der Waals surface area contributed by atoms with Gasteiger partial charge in [-0.2, -0.15) is 0 Å². The van der Waals surface area contributed by atoms with Crippen LogP contribution < -0.4 is 5.73 Å². The fraction of sp³-hybridized carbons (Fsp3) is 0.947. The van der Waals surface area contributed by atoms with Crippen LogP contribution in [0.25, 0.3) is 0 Å². The Morgan fingerprint density at radius 3 is 2.12 bits per heavy atom. The van der Waals surface area contributed by atoms with Crippen LogP contribution in [-0.2, 0) is 9.53 Å². The Hall–Kier alpha value is -0.320. The Morgan fingerprint density at radius 1 is 1.00 bits per heavy atom. The number of nitrogens with two attached hydrogens (primary N) is 1. The fourth-order valence-electron chi connectivity index (χ4n) is 6.12. The van der Waals surface area contributed by atoms with Crippen molar-refractivity contribution in [3.63, 3.8) is 0 Å². The Morgan fingerprint density at radius 2 is 1.58 bits per heavy atom. The van der Waals surface area contributed by atoms with Gasteiger partial charge in [-0.15, -0.1) is 12.4 Å². The zero-order valence-corrected chi connectivity index (χ0v) is 15.5. The summed E-state index contributed by atoms with van der Waals surface area (Å²) < 4.78 is 5.87. The van der Waals surface area contributed by atoms with E-state index in [0.29, 0.717) is 36.3 Å². The monoisotopic (exact) mass is 356 g/mol. The third-order valence-electron chi connectivity index (χ3n) is 6.97. The number of likely N-dealkylation sites (tertiary alicyclic amines) is 1. The number of hydrogen-bond acceptors (Lipinski definition) is 3. The van der Waals surface area contributed by atoms with Crippen molar-refractivity contribution in [1.29, 1.82) is 0 Å². The van der Waals surface area contributed by atoms with Gasteiger partial charge in [0.15, 0.2) is 0 Å². The number of piperidine rings is 1. The summed E-state index contributed by atoms with van der Waals surface area (Å²) in [7, 11) is 0. The van der Waals surface area contributed by atoms with Crippen molar-refractivity contribution in [2.24, 2.45) is 35.3 Å². The van der Waals surface area contributed by atoms with Crippen molar-refractivity contribution in [2.45, 2.75) is 57.5 Å². The molecular weight excluding hydrogens is 324 g/mol. The number of halogens is 1. The zero-order valence-electron chi connectivity index (χ0n) is 14.7. The van der Waals surface area contributed by atoms with Crippen LogP contribution in [-0.4, -0.2) is 43.2 Å². The number of rotatable bonds is 5. The van der Waals surface area contributed by atoms with Gasteiger partial charge >= 0.3 is 0 Å². The lowest BCUT2D eigenvalue weighted by Crippen LogP contribution is -2.53. The van der Waals surface area contributed by atoms with E-state index in [1.54, 1.807) is 0 Å². The summed E-state index contributed by atoms with van der Waals surface area (Å²) in [6, 6.07) is 0. The van der Waals surface area contributed by atoms with Crippen LogP contribution in [0.4, 0.5) is 0 Å². The van der Waals surface area contributed by atoms with Crippen molar-refractivity contribution < 1.29 is 9.53 Å². The first-order valence-electron chi connectivity index (χ1n) is 9.85. The first-order chi connectivity index (χ1) is 11.2. The Labute approximate surface area is 152 Å². The topological polar surface area (TPSA) is 55.6 Å². The molecule has 4 nitrogen and oxygen atoms in total. The molecule has 0 aromatic carbocycles. The van der Waals surface area contributed by atoms with E-state index in [2.05, 4.69) is 4.90 Å². The number of carbonyl (C=O) groups excluding carboxylic acids is 1. The summed E-state index contributed by atoms with van der Waals surface area (Å²) in [4.78, 5) is 15.3. The second-order valence-corrected chi connectivity index (χ2v) is 8.49. The Bertz CT molecular complexity index is 409. The van der Waals surface area contributed by atoms with Crippen LogP contribution in [0.15, 0.2) is 0 Å². The fourth-order valence-corrected chi connectivity index (χ4v) is 6.12. The number of carbonyl (C=O) groups is 1. The van der Waals surface area contributed by atoms with E-state index in [9.17, 15) is 4.79 Å². The average Bonchev–Trinajstić information content (AvgIpc) is 2.54. The van der Waals surface area contributed by atoms with E-state index in [1.807, 2.05) is 0 Å². The Kier molecular flexibility index (Phi) is 6.10. The molecule has 138 valence electrons. The molecule has 1 aliphatic heterocycles. The predicted octanol–water partition coefficient (Wildman–Crippen LogP) is 2.84. The summed E-state index contributed by atoms with van der Waals surface area (Å²) in [5, 5.41) is 0. The van der Waals surface area contributed by atoms with Crippen LogP contribution in [0.1, 0.15) is 51.4 Å². The second-order valence-electron chi connectivity index (χ2n) is 8.49. The highest BCUT2D eigenvalue weighted by Gasteiger charge is 2.51. The molecule has 0 unspecified atom stereocenters. The molecule has 0 radical (unpaired) electrons. The molecule has 24 heavy (non-hydrogen) atoms. The third kappa shape index (κ3) is 3.61. The molecule has 5 aliphatic rings. The molecule has 4 bridgehead atoms. The van der Waals surface area contributed by atoms with Crippen LogP contribution in [0.3, 0.4) is 0 Å². The summed E-state index contributed by atoms with van der Waals surface area (Å²) in [6.07, 6.45) is 10.1. The highest BCUT2D eigenvalue weighted by Crippen LogP contribution is 2.56. The summed E-state index contributed by atoms with van der Waals surface area (Å²) in [6.45, 7) is 3.26. The third-order valence-corrected chi connectivity index (χ3v) is 6.97. The highest BCUT2D eigenvalue weighted by atomic mass is 35.5. The number of amides is 1. The average molecular weight is 357 g/mol. The largest absolute Gasteiger partial charge is 0.378 e.